The second-order valence-corrected chi connectivity index (χ2v) is 8.52. The summed E-state index contributed by atoms with van der Waals surface area (Å²) in [6.07, 6.45) is 3.62. The Balaban J connectivity index is 2.12. The highest BCUT2D eigenvalue weighted by molar-refractivity contribution is 7.98. The molecule has 0 spiro atoms. The molecule has 5 nitrogen and oxygen atoms in total. The third-order valence-corrected chi connectivity index (χ3v) is 6.24. The minimum Gasteiger partial charge on any atom is -0.497 e. The van der Waals surface area contributed by atoms with Crippen LogP contribution in [0.5, 0.6) is 11.5 Å². The molecule has 0 aliphatic carbocycles. The Bertz CT molecular complexity index is 1320. The molecular formula is C24H18Cl2FN3O2S. The van der Waals surface area contributed by atoms with Gasteiger partial charge in [0.05, 0.1) is 30.5 Å². The van der Waals surface area contributed by atoms with Crippen LogP contribution in [0.25, 0.3) is 33.6 Å². The summed E-state index contributed by atoms with van der Waals surface area (Å²) in [5.74, 6) is 0.631. The number of hydrogen-bond acceptors (Lipinski definition) is 6. The molecule has 0 saturated heterocycles. The van der Waals surface area contributed by atoms with Gasteiger partial charge in [-0.05, 0) is 42.2 Å². The summed E-state index contributed by atoms with van der Waals surface area (Å²) in [4.78, 5) is 5.44. The summed E-state index contributed by atoms with van der Waals surface area (Å²) >= 11 is 14.7. The van der Waals surface area contributed by atoms with Crippen LogP contribution in [0, 0.1) is 5.82 Å². The lowest BCUT2D eigenvalue weighted by molar-refractivity contribution is 0.394. The molecular weight excluding hydrogens is 484 g/mol. The zero-order valence-corrected chi connectivity index (χ0v) is 20.2. The van der Waals surface area contributed by atoms with Crippen LogP contribution in [0.2, 0.25) is 10.2 Å². The molecule has 0 radical (unpaired) electrons. The van der Waals surface area contributed by atoms with Gasteiger partial charge >= 0.3 is 0 Å². The monoisotopic (exact) mass is 501 g/mol. The molecule has 0 aliphatic rings. The zero-order valence-electron chi connectivity index (χ0n) is 17.9. The van der Waals surface area contributed by atoms with Gasteiger partial charge in [0, 0.05) is 28.3 Å². The molecule has 0 atom stereocenters. The topological polar surface area (TPSA) is 57.1 Å². The highest BCUT2D eigenvalue weighted by Gasteiger charge is 2.25. The van der Waals surface area contributed by atoms with E-state index in [-0.39, 0.29) is 16.4 Å². The second-order valence-electron chi connectivity index (χ2n) is 6.88. The summed E-state index contributed by atoms with van der Waals surface area (Å²) in [6.45, 7) is 0. The first-order valence-electron chi connectivity index (χ1n) is 9.71. The van der Waals surface area contributed by atoms with Crippen LogP contribution in [0.3, 0.4) is 0 Å². The SMILES string of the molecule is COc1cc(OC)cc(-c2c(-c3ccccc3F)nnc(Cl)c2-c2ncc(SC)cc2Cl)c1. The Hall–Kier alpha value is -2.87. The van der Waals surface area contributed by atoms with Gasteiger partial charge in [-0.25, -0.2) is 4.39 Å². The second kappa shape index (κ2) is 9.95. The van der Waals surface area contributed by atoms with E-state index in [9.17, 15) is 4.39 Å². The highest BCUT2D eigenvalue weighted by Crippen LogP contribution is 2.45. The fourth-order valence-electron chi connectivity index (χ4n) is 3.42. The molecule has 0 aliphatic heterocycles. The standard InChI is InChI=1S/C24H18Cl2FN3O2S/c1-31-14-8-13(9-15(10-14)32-2)20-21(23-18(25)11-16(33-3)12-28-23)24(26)30-29-22(20)17-6-4-5-7-19(17)27/h4-12H,1-3H3. The van der Waals surface area contributed by atoms with Gasteiger partial charge in [-0.3, -0.25) is 4.98 Å². The van der Waals surface area contributed by atoms with Crippen molar-refractivity contribution in [3.8, 4) is 45.1 Å². The van der Waals surface area contributed by atoms with Gasteiger partial charge in [-0.2, -0.15) is 0 Å². The lowest BCUT2D eigenvalue weighted by Gasteiger charge is -2.17. The van der Waals surface area contributed by atoms with E-state index in [4.69, 9.17) is 32.7 Å². The third kappa shape index (κ3) is 4.62. The quantitative estimate of drug-likeness (QED) is 0.263. The Morgan fingerprint density at radius 3 is 2.18 bits per heavy atom. The molecule has 2 heterocycles. The summed E-state index contributed by atoms with van der Waals surface area (Å²) in [5.41, 5.74) is 2.51. The number of pyridine rings is 1. The number of benzene rings is 2. The van der Waals surface area contributed by atoms with E-state index in [1.54, 1.807) is 62.9 Å². The van der Waals surface area contributed by atoms with E-state index in [0.717, 1.165) is 4.90 Å². The molecule has 168 valence electrons. The Kier molecular flexibility index (Phi) is 7.02. The summed E-state index contributed by atoms with van der Waals surface area (Å²) in [6, 6.07) is 13.4. The number of thioether (sulfide) groups is 1. The van der Waals surface area contributed by atoms with Crippen LogP contribution in [0.15, 0.2) is 59.6 Å². The fraction of sp³-hybridized carbons (Fsp3) is 0.125. The van der Waals surface area contributed by atoms with Gasteiger partial charge in [0.2, 0.25) is 0 Å². The molecule has 2 aromatic carbocycles. The van der Waals surface area contributed by atoms with Crippen molar-refractivity contribution in [2.45, 2.75) is 4.90 Å². The van der Waals surface area contributed by atoms with Crippen LogP contribution >= 0.6 is 35.0 Å². The summed E-state index contributed by atoms with van der Waals surface area (Å²) in [5, 5.41) is 8.84. The average molecular weight is 502 g/mol. The largest absolute Gasteiger partial charge is 0.497 e. The van der Waals surface area contributed by atoms with Crippen molar-refractivity contribution in [2.24, 2.45) is 0 Å². The summed E-state index contributed by atoms with van der Waals surface area (Å²) in [7, 11) is 3.10. The predicted molar refractivity (Wildman–Crippen MR) is 131 cm³/mol. The number of methoxy groups -OCH3 is 2. The van der Waals surface area contributed by atoms with Gasteiger partial charge in [-0.1, -0.05) is 35.3 Å². The van der Waals surface area contributed by atoms with Gasteiger partial charge in [0.15, 0.2) is 5.15 Å². The minimum atomic E-state index is -0.451. The normalized spacial score (nSPS) is 10.8. The zero-order chi connectivity index (χ0) is 23.5. The molecule has 9 heteroatoms. The van der Waals surface area contributed by atoms with Gasteiger partial charge in [0.1, 0.15) is 23.0 Å². The maximum absolute atomic E-state index is 14.9. The lowest BCUT2D eigenvalue weighted by Crippen LogP contribution is -2.01. The van der Waals surface area contributed by atoms with Crippen LogP contribution < -0.4 is 9.47 Å². The van der Waals surface area contributed by atoms with Gasteiger partial charge in [-0.15, -0.1) is 22.0 Å². The Morgan fingerprint density at radius 1 is 0.879 bits per heavy atom. The molecule has 4 aromatic rings. The van der Waals surface area contributed by atoms with Crippen molar-refractivity contribution in [3.05, 3.63) is 70.7 Å². The van der Waals surface area contributed by atoms with E-state index in [0.29, 0.717) is 38.9 Å². The smallest absolute Gasteiger partial charge is 0.161 e. The van der Waals surface area contributed by atoms with E-state index in [1.165, 1.54) is 17.8 Å². The number of halogens is 3. The number of aromatic nitrogens is 3. The van der Waals surface area contributed by atoms with Crippen LogP contribution in [-0.4, -0.2) is 35.7 Å². The van der Waals surface area contributed by atoms with Crippen LogP contribution in [-0.2, 0) is 0 Å². The molecule has 0 saturated carbocycles. The number of rotatable bonds is 6. The van der Waals surface area contributed by atoms with E-state index in [2.05, 4.69) is 15.2 Å². The maximum atomic E-state index is 14.9. The van der Waals surface area contributed by atoms with E-state index in [1.807, 2.05) is 6.26 Å². The number of hydrogen-bond donors (Lipinski definition) is 0. The van der Waals surface area contributed by atoms with E-state index >= 15 is 0 Å². The third-order valence-electron chi connectivity index (χ3n) is 4.99. The van der Waals surface area contributed by atoms with Crippen molar-refractivity contribution < 1.29 is 13.9 Å². The Morgan fingerprint density at radius 2 is 1.58 bits per heavy atom. The van der Waals surface area contributed by atoms with Crippen molar-refractivity contribution in [2.75, 3.05) is 20.5 Å². The first-order valence-corrected chi connectivity index (χ1v) is 11.7. The lowest BCUT2D eigenvalue weighted by atomic mass is 9.93. The minimum absolute atomic E-state index is 0.0816. The molecule has 4 rings (SSSR count). The van der Waals surface area contributed by atoms with Crippen molar-refractivity contribution >= 4 is 35.0 Å². The molecule has 0 amide bonds. The predicted octanol–water partition coefficient (Wildman–Crippen LogP) is 7.06. The van der Waals surface area contributed by atoms with Crippen LogP contribution in [0.4, 0.5) is 4.39 Å². The maximum Gasteiger partial charge on any atom is 0.161 e. The van der Waals surface area contributed by atoms with Gasteiger partial charge in [0.25, 0.3) is 0 Å². The first kappa shape index (κ1) is 23.3. The number of ether oxygens (including phenoxy) is 2. The Labute approximate surface area is 204 Å². The molecule has 0 unspecified atom stereocenters. The van der Waals surface area contributed by atoms with Crippen molar-refractivity contribution in [1.29, 1.82) is 0 Å². The van der Waals surface area contributed by atoms with Crippen molar-refractivity contribution in [1.82, 2.24) is 15.2 Å². The molecule has 0 fully saturated rings. The average Bonchev–Trinajstić information content (AvgIpc) is 2.84. The highest BCUT2D eigenvalue weighted by atomic mass is 35.5. The first-order chi connectivity index (χ1) is 16.0. The van der Waals surface area contributed by atoms with Crippen molar-refractivity contribution in [3.63, 3.8) is 0 Å². The molecule has 0 bridgehead atoms. The van der Waals surface area contributed by atoms with Crippen LogP contribution in [0.1, 0.15) is 0 Å². The fourth-order valence-corrected chi connectivity index (χ4v) is 4.36. The molecule has 33 heavy (non-hydrogen) atoms. The van der Waals surface area contributed by atoms with Gasteiger partial charge < -0.3 is 9.47 Å². The van der Waals surface area contributed by atoms with E-state index < -0.39 is 5.82 Å². The summed E-state index contributed by atoms with van der Waals surface area (Å²) < 4.78 is 25.8. The number of nitrogens with zero attached hydrogens (tertiary/aromatic N) is 3. The molecule has 2 aromatic heterocycles. The molecule has 0 N–H and O–H groups in total.